The van der Waals surface area contributed by atoms with E-state index in [1.165, 1.54) is 12.1 Å². The van der Waals surface area contributed by atoms with E-state index in [1.807, 2.05) is 11.0 Å². The lowest BCUT2D eigenvalue weighted by Crippen LogP contribution is -2.35. The number of rotatable bonds is 3. The molecule has 0 N–H and O–H groups in total. The van der Waals surface area contributed by atoms with Crippen molar-refractivity contribution < 1.29 is 9.18 Å². The predicted octanol–water partition coefficient (Wildman–Crippen LogP) is 3.46. The van der Waals surface area contributed by atoms with Gasteiger partial charge in [0.25, 0.3) is 11.5 Å². The summed E-state index contributed by atoms with van der Waals surface area (Å²) in [6.45, 7) is 1.80. The first kappa shape index (κ1) is 18.5. The van der Waals surface area contributed by atoms with Gasteiger partial charge >= 0.3 is 0 Å². The van der Waals surface area contributed by atoms with Gasteiger partial charge in [0.15, 0.2) is 0 Å². The lowest BCUT2D eigenvalue weighted by molar-refractivity contribution is 0.0724. The second kappa shape index (κ2) is 7.40. The van der Waals surface area contributed by atoms with E-state index in [2.05, 4.69) is 5.10 Å². The van der Waals surface area contributed by atoms with Crippen molar-refractivity contribution >= 4 is 22.5 Å². The van der Waals surface area contributed by atoms with Gasteiger partial charge in [-0.1, -0.05) is 12.1 Å². The molecule has 0 saturated carbocycles. The number of carbonyl (C=O) groups is 1. The highest BCUT2D eigenvalue weighted by molar-refractivity contribution is 5.97. The molecule has 0 bridgehead atoms. The van der Waals surface area contributed by atoms with Crippen LogP contribution in [0.25, 0.3) is 16.6 Å². The van der Waals surface area contributed by atoms with Gasteiger partial charge in [-0.15, -0.1) is 0 Å². The fourth-order valence-corrected chi connectivity index (χ4v) is 4.17. The zero-order valence-corrected chi connectivity index (χ0v) is 16.4. The molecule has 1 fully saturated rings. The molecule has 1 aliphatic rings. The van der Waals surface area contributed by atoms with Crippen molar-refractivity contribution in [1.29, 1.82) is 0 Å². The molecule has 0 unspecified atom stereocenters. The molecular weight excluding hydrogens is 383 g/mol. The summed E-state index contributed by atoms with van der Waals surface area (Å²) in [6, 6.07) is 13.2. The van der Waals surface area contributed by atoms with E-state index < -0.39 is 0 Å². The van der Waals surface area contributed by atoms with Crippen molar-refractivity contribution in [2.75, 3.05) is 13.1 Å². The number of carbonyl (C=O) groups excluding carboxylic acids is 1. The van der Waals surface area contributed by atoms with E-state index in [4.69, 9.17) is 0 Å². The minimum Gasteiger partial charge on any atom is -0.339 e. The molecule has 2 aromatic heterocycles. The summed E-state index contributed by atoms with van der Waals surface area (Å²) in [7, 11) is 0. The van der Waals surface area contributed by atoms with Crippen LogP contribution in [0.15, 0.2) is 59.5 Å². The van der Waals surface area contributed by atoms with Gasteiger partial charge in [-0.3, -0.25) is 9.59 Å². The predicted molar refractivity (Wildman–Crippen MR) is 112 cm³/mol. The molecule has 4 aromatic rings. The Labute approximate surface area is 172 Å². The maximum Gasteiger partial charge on any atom is 0.277 e. The summed E-state index contributed by atoms with van der Waals surface area (Å²) in [4.78, 5) is 28.1. The number of amides is 1. The van der Waals surface area contributed by atoms with E-state index in [9.17, 15) is 14.0 Å². The second-order valence-corrected chi connectivity index (χ2v) is 7.70. The maximum atomic E-state index is 13.3. The van der Waals surface area contributed by atoms with Crippen LogP contribution in [0.2, 0.25) is 0 Å². The molecule has 2 aromatic carbocycles. The number of halogens is 1. The molecule has 0 atom stereocenters. The van der Waals surface area contributed by atoms with Gasteiger partial charge < -0.3 is 9.47 Å². The van der Waals surface area contributed by atoms with Crippen molar-refractivity contribution in [2.24, 2.45) is 0 Å². The van der Waals surface area contributed by atoms with Gasteiger partial charge in [-0.25, -0.2) is 8.91 Å². The highest BCUT2D eigenvalue weighted by atomic mass is 19.1. The Morgan fingerprint density at radius 1 is 0.933 bits per heavy atom. The number of hydrogen-bond donors (Lipinski definition) is 0. The highest BCUT2D eigenvalue weighted by Gasteiger charge is 2.20. The zero-order chi connectivity index (χ0) is 20.7. The lowest BCUT2D eigenvalue weighted by atomic mass is 10.1. The molecule has 5 rings (SSSR count). The molecule has 30 heavy (non-hydrogen) atoms. The van der Waals surface area contributed by atoms with Gasteiger partial charge in [0, 0.05) is 18.7 Å². The zero-order valence-electron chi connectivity index (χ0n) is 16.4. The van der Waals surface area contributed by atoms with Crippen LogP contribution in [-0.4, -0.2) is 38.1 Å². The van der Waals surface area contributed by atoms with Crippen molar-refractivity contribution in [1.82, 2.24) is 19.1 Å². The first-order chi connectivity index (χ1) is 14.6. The van der Waals surface area contributed by atoms with E-state index in [0.717, 1.165) is 43.4 Å². The topological polar surface area (TPSA) is 59.6 Å². The van der Waals surface area contributed by atoms with E-state index in [1.54, 1.807) is 45.6 Å². The minimum absolute atomic E-state index is 0.0158. The molecule has 7 heteroatoms. The average molecular weight is 404 g/mol. The molecule has 0 aliphatic carbocycles. The average Bonchev–Trinajstić information content (AvgIpc) is 3.28. The Hall–Kier alpha value is -3.48. The second-order valence-electron chi connectivity index (χ2n) is 7.70. The maximum absolute atomic E-state index is 13.3. The summed E-state index contributed by atoms with van der Waals surface area (Å²) in [5.41, 5.74) is 2.99. The monoisotopic (exact) mass is 404 g/mol. The molecule has 1 saturated heterocycles. The van der Waals surface area contributed by atoms with Crippen molar-refractivity contribution in [3.05, 3.63) is 82.0 Å². The van der Waals surface area contributed by atoms with Gasteiger partial charge in [-0.2, -0.15) is 5.10 Å². The number of aromatic nitrogens is 3. The van der Waals surface area contributed by atoms with Gasteiger partial charge in [0.05, 0.1) is 23.8 Å². The summed E-state index contributed by atoms with van der Waals surface area (Å²) < 4.78 is 16.6. The van der Waals surface area contributed by atoms with Gasteiger partial charge in [0.1, 0.15) is 11.3 Å². The van der Waals surface area contributed by atoms with Gasteiger partial charge in [-0.05, 0) is 61.2 Å². The van der Waals surface area contributed by atoms with Crippen LogP contribution in [0.4, 0.5) is 4.39 Å². The normalized spacial score (nSPS) is 14.5. The fraction of sp³-hybridized carbons (Fsp3) is 0.261. The van der Waals surface area contributed by atoms with Crippen molar-refractivity contribution in [2.45, 2.75) is 25.8 Å². The Bertz CT molecular complexity index is 1300. The van der Waals surface area contributed by atoms with Crippen LogP contribution < -0.4 is 5.56 Å². The number of piperidine rings is 1. The minimum atomic E-state index is -0.323. The van der Waals surface area contributed by atoms with Crippen molar-refractivity contribution in [3.63, 3.8) is 0 Å². The van der Waals surface area contributed by atoms with Crippen LogP contribution in [-0.2, 0) is 6.54 Å². The standard InChI is InChI=1S/C23H21FN4O2/c24-18-7-4-16(5-8-18)15-27-21-14-17(22(29)26-12-2-1-3-13-26)6-9-19(21)28-20(23(27)30)10-11-25-28/h4-11,14H,1-3,12-13,15H2. The van der Waals surface area contributed by atoms with Gasteiger partial charge in [0.2, 0.25) is 0 Å². The number of hydrogen-bond acceptors (Lipinski definition) is 3. The van der Waals surface area contributed by atoms with Crippen molar-refractivity contribution in [3.8, 4) is 0 Å². The van der Waals surface area contributed by atoms with E-state index in [0.29, 0.717) is 16.6 Å². The van der Waals surface area contributed by atoms with Crippen LogP contribution >= 0.6 is 0 Å². The van der Waals surface area contributed by atoms with E-state index >= 15 is 0 Å². The number of nitrogens with zero attached hydrogens (tertiary/aromatic N) is 4. The summed E-state index contributed by atoms with van der Waals surface area (Å²) in [6.07, 6.45) is 4.77. The smallest absolute Gasteiger partial charge is 0.277 e. The van der Waals surface area contributed by atoms with Crippen LogP contribution in [0.3, 0.4) is 0 Å². The SMILES string of the molecule is O=C(c1ccc2c(c1)n(Cc1ccc(F)cc1)c(=O)c1ccnn12)N1CCCCC1. The van der Waals surface area contributed by atoms with Crippen LogP contribution in [0, 0.1) is 5.82 Å². The molecule has 0 radical (unpaired) electrons. The molecular formula is C23H21FN4O2. The molecule has 152 valence electrons. The van der Waals surface area contributed by atoms with Crippen LogP contribution in [0.5, 0.6) is 0 Å². The third-order valence-electron chi connectivity index (χ3n) is 5.75. The van der Waals surface area contributed by atoms with E-state index in [-0.39, 0.29) is 23.8 Å². The van der Waals surface area contributed by atoms with Crippen LogP contribution in [0.1, 0.15) is 35.2 Å². The highest BCUT2D eigenvalue weighted by Crippen LogP contribution is 2.20. The Morgan fingerprint density at radius 3 is 2.47 bits per heavy atom. The molecule has 1 aliphatic heterocycles. The molecule has 3 heterocycles. The summed E-state index contributed by atoms with van der Waals surface area (Å²) in [5.74, 6) is -0.338. The largest absolute Gasteiger partial charge is 0.339 e. The number of likely N-dealkylation sites (tertiary alicyclic amines) is 1. The third-order valence-corrected chi connectivity index (χ3v) is 5.75. The molecule has 6 nitrogen and oxygen atoms in total. The first-order valence-electron chi connectivity index (χ1n) is 10.2. The third kappa shape index (κ3) is 3.16. The molecule has 1 amide bonds. The number of benzene rings is 2. The lowest BCUT2D eigenvalue weighted by Gasteiger charge is -2.27. The Morgan fingerprint density at radius 2 is 1.70 bits per heavy atom. The fourth-order valence-electron chi connectivity index (χ4n) is 4.17. The number of fused-ring (bicyclic) bond motifs is 3. The first-order valence-corrected chi connectivity index (χ1v) is 10.2. The Balaban J connectivity index is 1.67. The summed E-state index contributed by atoms with van der Waals surface area (Å²) >= 11 is 0. The molecule has 0 spiro atoms. The quantitative estimate of drug-likeness (QED) is 0.525. The summed E-state index contributed by atoms with van der Waals surface area (Å²) in [5, 5.41) is 4.29. The Kier molecular flexibility index (Phi) is 4.58.